The first-order chi connectivity index (χ1) is 42.5. The number of hydrogen-bond acceptors (Lipinski definition) is 25. The number of aromatic nitrogens is 7. The fraction of sp³-hybridized carbons (Fsp3) is 0.339. The van der Waals surface area contributed by atoms with Crippen molar-refractivity contribution in [3.8, 4) is 43.4 Å². The van der Waals surface area contributed by atoms with Gasteiger partial charge in [-0.15, -0.1) is 68.0 Å². The van der Waals surface area contributed by atoms with E-state index in [1.54, 1.807) is 64.0 Å². The number of likely N-dealkylation sites (tertiary alicyclic amines) is 1. The topological polar surface area (TPSA) is 370 Å². The highest BCUT2D eigenvalue weighted by atomic mass is 32.1. The summed E-state index contributed by atoms with van der Waals surface area (Å²) < 4.78 is 11.3. The number of nitrogens with one attached hydrogen (secondary N) is 5. The summed E-state index contributed by atoms with van der Waals surface area (Å²) >= 11 is 6.88. The smallest absolute Gasteiger partial charge is 0.271 e. The van der Waals surface area contributed by atoms with Gasteiger partial charge in [0, 0.05) is 47.8 Å². The fourth-order valence-corrected chi connectivity index (χ4v) is 15.4. The van der Waals surface area contributed by atoms with E-state index >= 15 is 0 Å². The number of pyridine rings is 1. The van der Waals surface area contributed by atoms with E-state index in [4.69, 9.17) is 40.1 Å². The molecule has 7 aromatic heterocycles. The third kappa shape index (κ3) is 13.0. The molecule has 0 saturated carbocycles. The van der Waals surface area contributed by atoms with Crippen molar-refractivity contribution in [2.75, 3.05) is 33.9 Å². The van der Waals surface area contributed by atoms with Gasteiger partial charge in [-0.3, -0.25) is 33.6 Å². The molecule has 7 amide bonds. The number of rotatable bonds is 12. The van der Waals surface area contributed by atoms with E-state index in [2.05, 4.69) is 41.5 Å². The second kappa shape index (κ2) is 26.6. The number of carbonyl (C=O) groups excluding carboxylic acids is 7. The Morgan fingerprint density at radius 1 is 0.750 bits per heavy atom. The molecule has 10 heterocycles. The highest BCUT2D eigenvalue weighted by Gasteiger charge is 2.39. The van der Waals surface area contributed by atoms with Crippen molar-refractivity contribution in [1.29, 1.82) is 0 Å². The monoisotopic (exact) mass is 1310 g/mol. The maximum Gasteiger partial charge on any atom is 0.271 e. The number of aliphatic hydroxyl groups is 2. The maximum atomic E-state index is 14.4. The number of aliphatic imine (C=N–C) groups is 1. The molecular weight excluding hydrogens is 1250 g/mol. The Labute approximate surface area is 525 Å². The number of carbonyl (C=O) groups is 7. The molecule has 3 aliphatic rings. The van der Waals surface area contributed by atoms with Gasteiger partial charge in [-0.1, -0.05) is 44.2 Å². The average molecular weight is 1310 g/mol. The number of nitrogens with two attached hydrogens (primary N) is 1. The van der Waals surface area contributed by atoms with Gasteiger partial charge in [0.2, 0.25) is 23.6 Å². The number of ether oxygens (including phenoxy) is 2. The van der Waals surface area contributed by atoms with Gasteiger partial charge < -0.3 is 56.9 Å². The Morgan fingerprint density at radius 2 is 1.44 bits per heavy atom. The average Bonchev–Trinajstić information content (AvgIpc) is 2.35. The molecular formula is C56H55N15O11S6. The minimum atomic E-state index is -1.30. The lowest BCUT2D eigenvalue weighted by atomic mass is 10.0. The fourth-order valence-electron chi connectivity index (χ4n) is 9.87. The van der Waals surface area contributed by atoms with Gasteiger partial charge in [-0.05, 0) is 36.5 Å². The summed E-state index contributed by atoms with van der Waals surface area (Å²) in [5.41, 5.74) is 8.23. The summed E-state index contributed by atoms with van der Waals surface area (Å²) in [7, 11) is 2.89. The zero-order valence-electron chi connectivity index (χ0n) is 47.2. The van der Waals surface area contributed by atoms with E-state index in [0.717, 1.165) is 34.0 Å². The lowest BCUT2D eigenvalue weighted by molar-refractivity contribution is -0.138. The van der Waals surface area contributed by atoms with Gasteiger partial charge in [0.25, 0.3) is 23.6 Å². The standard InChI is InChI=1S/C56H55N15O11S6/c1-24(2)39-55-70-42(36(88-55)19-81-4)47(78)59-16-38(74)67-43(44(75)25-9-6-5-7-10-25)54-66-33(23-86-54)52-63-30(20-84-52)40-26(50-64-31(21-83-50)46(77)61-28(15-37(73)58-3)53-69-41(48(79)68-39)35(17-72)87-53)12-13-27(60-40)51-65-32(22-85-51)49-62-29(18-82-49)56(80)71-14-8-11-34(71)45(57)76/h5-7,9-10,12-13,20-24,28-29,34,39,43-44,72,75H,8,11,14-19H2,1-4H3,(H2,57,76)(H,58,73)(H,59,78)(H,61,77)(H,67,74)(H,68,79)/t28-,29+,34-,39+,43-,44+/m0/s1. The summed E-state index contributed by atoms with van der Waals surface area (Å²) in [6.07, 6.45) is -0.478. The number of hydrogen-bond donors (Lipinski definition) is 8. The van der Waals surface area contributed by atoms with Crippen LogP contribution in [0.25, 0.3) is 43.4 Å². The van der Waals surface area contributed by atoms with Crippen LogP contribution >= 0.6 is 68.0 Å². The van der Waals surface area contributed by atoms with Crippen LogP contribution in [-0.4, -0.2) is 143 Å². The van der Waals surface area contributed by atoms with Gasteiger partial charge in [0.1, 0.15) is 94.7 Å². The van der Waals surface area contributed by atoms with Crippen LogP contribution in [0.15, 0.2) is 69.0 Å². The lowest BCUT2D eigenvalue weighted by Crippen LogP contribution is -2.47. The number of benzene rings is 1. The Bertz CT molecular complexity index is 4010. The molecule has 88 heavy (non-hydrogen) atoms. The van der Waals surface area contributed by atoms with Gasteiger partial charge in [-0.25, -0.2) is 39.9 Å². The van der Waals surface area contributed by atoms with Crippen molar-refractivity contribution >= 4 is 115 Å². The molecule has 9 N–H and O–H groups in total. The van der Waals surface area contributed by atoms with Crippen LogP contribution in [0.3, 0.4) is 0 Å². The Kier molecular flexibility index (Phi) is 18.6. The molecule has 0 aliphatic carbocycles. The Hall–Kier alpha value is -8.21. The molecule has 1 saturated heterocycles. The largest absolute Gasteiger partial charge is 0.473 e. The number of nitrogens with zero attached hydrogens (tertiary/aromatic N) is 9. The van der Waals surface area contributed by atoms with Crippen LogP contribution in [0.5, 0.6) is 0 Å². The van der Waals surface area contributed by atoms with E-state index in [1.165, 1.54) is 53.1 Å². The first-order valence-corrected chi connectivity index (χ1v) is 32.5. The van der Waals surface area contributed by atoms with Crippen LogP contribution in [0.4, 0.5) is 0 Å². The number of amides is 7. The summed E-state index contributed by atoms with van der Waals surface area (Å²) in [6, 6.07) is 7.61. The number of fused-ring (bicyclic) bond motifs is 14. The Morgan fingerprint density at radius 3 is 2.19 bits per heavy atom. The maximum absolute atomic E-state index is 14.4. The Balaban J connectivity index is 0.975. The van der Waals surface area contributed by atoms with Crippen LogP contribution in [0, 0.1) is 5.92 Å². The molecule has 32 heteroatoms. The molecule has 1 aromatic carbocycles. The first-order valence-electron chi connectivity index (χ1n) is 27.4. The first kappa shape index (κ1) is 61.4. The molecule has 8 aromatic rings. The molecule has 0 spiro atoms. The van der Waals surface area contributed by atoms with Crippen LogP contribution in [0.1, 0.15) is 125 Å². The second-order valence-corrected chi connectivity index (χ2v) is 26.2. The summed E-state index contributed by atoms with van der Waals surface area (Å²) in [6.45, 7) is 2.84. The number of methoxy groups -OCH3 is 1. The van der Waals surface area contributed by atoms with E-state index < -0.39 is 84.9 Å². The molecule has 26 nitrogen and oxygen atoms in total. The van der Waals surface area contributed by atoms with Gasteiger partial charge in [-0.2, -0.15) is 0 Å². The molecule has 10 bridgehead atoms. The van der Waals surface area contributed by atoms with Crippen molar-refractivity contribution in [3.63, 3.8) is 0 Å². The van der Waals surface area contributed by atoms with E-state index in [0.29, 0.717) is 88.9 Å². The minimum Gasteiger partial charge on any atom is -0.473 e. The van der Waals surface area contributed by atoms with Gasteiger partial charge in [0.05, 0.1) is 53.7 Å². The zero-order valence-corrected chi connectivity index (χ0v) is 52.1. The molecule has 11 rings (SSSR count). The van der Waals surface area contributed by atoms with Crippen molar-refractivity contribution in [1.82, 2.24) is 66.4 Å². The predicted molar refractivity (Wildman–Crippen MR) is 328 cm³/mol. The summed E-state index contributed by atoms with van der Waals surface area (Å²) in [4.78, 5) is 136. The highest BCUT2D eigenvalue weighted by Crippen LogP contribution is 2.40. The van der Waals surface area contributed by atoms with Crippen molar-refractivity contribution in [2.45, 2.75) is 82.6 Å². The van der Waals surface area contributed by atoms with Gasteiger partial charge >= 0.3 is 0 Å². The molecule has 3 aliphatic heterocycles. The summed E-state index contributed by atoms with van der Waals surface area (Å²) in [5.74, 6) is -4.30. The number of thiazole rings is 6. The third-order valence-corrected chi connectivity index (χ3v) is 20.1. The number of primary amides is 1. The van der Waals surface area contributed by atoms with Crippen LogP contribution < -0.4 is 32.3 Å². The summed E-state index contributed by atoms with van der Waals surface area (Å²) in [5, 5.41) is 45.3. The van der Waals surface area contributed by atoms with E-state index in [1.807, 2.05) is 13.8 Å². The number of aliphatic hydroxyl groups excluding tert-OH is 2. The molecule has 0 radical (unpaired) electrons. The van der Waals surface area contributed by atoms with Crippen LogP contribution in [0.2, 0.25) is 0 Å². The zero-order chi connectivity index (χ0) is 61.9. The van der Waals surface area contributed by atoms with Crippen LogP contribution in [-0.2, 0) is 41.9 Å². The van der Waals surface area contributed by atoms with Crippen molar-refractivity contribution in [3.05, 3.63) is 117 Å². The third-order valence-electron chi connectivity index (χ3n) is 14.3. The predicted octanol–water partition coefficient (Wildman–Crippen LogP) is 5.12. The van der Waals surface area contributed by atoms with Crippen molar-refractivity contribution < 1.29 is 53.2 Å². The van der Waals surface area contributed by atoms with Crippen molar-refractivity contribution in [2.24, 2.45) is 16.6 Å². The lowest BCUT2D eigenvalue weighted by Gasteiger charge is -2.23. The van der Waals surface area contributed by atoms with E-state index in [9.17, 15) is 43.8 Å². The molecule has 1 fully saturated rings. The normalized spacial score (nSPS) is 19.5. The molecule has 0 unspecified atom stereocenters. The SMILES string of the molecule is CNC(=O)C[C@@H]1NC(=O)c2csc(n2)-c2ccc(-c3nc(C4=N[C@@H](C(=O)N5CCC[C@H]5C(N)=O)CO4)cs3)nc2-c2csc(n2)-c2csc(n2)[C@H]([C@H](O)c2ccccc2)NC(=O)CNC(=O)c2nc(sc2COC)[C@@H](C(C)C)NC(=O)c2nc1sc2CO. The minimum absolute atomic E-state index is 0.0243. The van der Waals surface area contributed by atoms with E-state index in [-0.39, 0.29) is 64.3 Å². The second-order valence-electron chi connectivity index (χ2n) is 20.6. The quantitative estimate of drug-likeness (QED) is 0.0787. The van der Waals surface area contributed by atoms with Gasteiger partial charge in [0.15, 0.2) is 6.04 Å². The molecule has 456 valence electrons. The highest BCUT2D eigenvalue weighted by molar-refractivity contribution is 7.15. The molecule has 6 atom stereocenters.